The molecule has 0 aromatic carbocycles. The minimum Gasteiger partial charge on any atom is -0.322 e. The molecule has 14 heavy (non-hydrogen) atoms. The van der Waals surface area contributed by atoms with E-state index in [0.717, 1.165) is 16.9 Å². The Morgan fingerprint density at radius 2 is 1.86 bits per heavy atom. The molecule has 0 fully saturated rings. The highest BCUT2D eigenvalue weighted by molar-refractivity contribution is 5.72. The molecule has 0 saturated carbocycles. The van der Waals surface area contributed by atoms with Crippen LogP contribution in [0.5, 0.6) is 0 Å². The Hall–Kier alpha value is -2.01. The summed E-state index contributed by atoms with van der Waals surface area (Å²) in [5.41, 5.74) is 4.96. The van der Waals surface area contributed by atoms with Crippen molar-refractivity contribution >= 4 is 5.69 Å². The molecule has 5 heteroatoms. The van der Waals surface area contributed by atoms with Crippen molar-refractivity contribution in [3.63, 3.8) is 0 Å². The van der Waals surface area contributed by atoms with Gasteiger partial charge in [-0.1, -0.05) is 0 Å². The highest BCUT2D eigenvalue weighted by Crippen LogP contribution is 2.22. The standard InChI is InChI=1S/C9H9N5/c10-13-8-3-6-12-14-9(8)7-1-4-11-5-2-7/h1-6H,10H2,(H,12,13). The quantitative estimate of drug-likeness (QED) is 0.537. The van der Waals surface area contributed by atoms with E-state index in [1.54, 1.807) is 24.7 Å². The number of nitrogens with one attached hydrogen (secondary N) is 1. The van der Waals surface area contributed by atoms with Crippen molar-refractivity contribution < 1.29 is 0 Å². The van der Waals surface area contributed by atoms with E-state index in [0.29, 0.717) is 0 Å². The van der Waals surface area contributed by atoms with Crippen molar-refractivity contribution in [2.75, 3.05) is 5.43 Å². The number of hydrogen-bond donors (Lipinski definition) is 2. The van der Waals surface area contributed by atoms with Gasteiger partial charge in [0.15, 0.2) is 0 Å². The number of hydrazine groups is 1. The zero-order chi connectivity index (χ0) is 9.80. The molecule has 0 radical (unpaired) electrons. The van der Waals surface area contributed by atoms with Crippen LogP contribution in [0.25, 0.3) is 11.3 Å². The molecule has 2 rings (SSSR count). The van der Waals surface area contributed by atoms with Gasteiger partial charge in [0.05, 0.1) is 11.9 Å². The van der Waals surface area contributed by atoms with E-state index in [2.05, 4.69) is 20.6 Å². The summed E-state index contributed by atoms with van der Waals surface area (Å²) in [7, 11) is 0. The zero-order valence-electron chi connectivity index (χ0n) is 7.38. The first-order chi connectivity index (χ1) is 6.92. The molecular formula is C9H9N5. The van der Waals surface area contributed by atoms with Crippen molar-refractivity contribution in [3.05, 3.63) is 36.8 Å². The van der Waals surface area contributed by atoms with Gasteiger partial charge in [-0.25, -0.2) is 0 Å². The first kappa shape index (κ1) is 8.58. The average molecular weight is 187 g/mol. The van der Waals surface area contributed by atoms with Crippen LogP contribution in [0, 0.1) is 0 Å². The number of aromatic nitrogens is 3. The topological polar surface area (TPSA) is 76.7 Å². The van der Waals surface area contributed by atoms with Gasteiger partial charge in [0.1, 0.15) is 5.69 Å². The summed E-state index contributed by atoms with van der Waals surface area (Å²) in [6.45, 7) is 0. The SMILES string of the molecule is NNc1ccnnc1-c1ccncc1. The number of rotatable bonds is 2. The van der Waals surface area contributed by atoms with Crippen LogP contribution >= 0.6 is 0 Å². The Kier molecular flexibility index (Phi) is 2.33. The van der Waals surface area contributed by atoms with E-state index in [1.807, 2.05) is 12.1 Å². The normalized spacial score (nSPS) is 9.79. The van der Waals surface area contributed by atoms with Crippen LogP contribution in [0.15, 0.2) is 36.8 Å². The fourth-order valence-corrected chi connectivity index (χ4v) is 1.17. The Morgan fingerprint density at radius 3 is 2.57 bits per heavy atom. The van der Waals surface area contributed by atoms with E-state index in [9.17, 15) is 0 Å². The van der Waals surface area contributed by atoms with Gasteiger partial charge in [-0.3, -0.25) is 10.8 Å². The van der Waals surface area contributed by atoms with Crippen LogP contribution in [0.1, 0.15) is 0 Å². The fraction of sp³-hybridized carbons (Fsp3) is 0. The number of nitrogens with zero attached hydrogens (tertiary/aromatic N) is 3. The summed E-state index contributed by atoms with van der Waals surface area (Å²) in [5, 5.41) is 7.80. The second kappa shape index (κ2) is 3.80. The number of nitrogens with two attached hydrogens (primary N) is 1. The van der Waals surface area contributed by atoms with Gasteiger partial charge in [-0.2, -0.15) is 5.10 Å². The largest absolute Gasteiger partial charge is 0.322 e. The Labute approximate surface area is 81.0 Å². The van der Waals surface area contributed by atoms with Crippen molar-refractivity contribution in [2.45, 2.75) is 0 Å². The average Bonchev–Trinajstić information content (AvgIpc) is 2.30. The predicted molar refractivity (Wildman–Crippen MR) is 53.1 cm³/mol. The van der Waals surface area contributed by atoms with Crippen molar-refractivity contribution in [3.8, 4) is 11.3 Å². The maximum atomic E-state index is 5.35. The highest BCUT2D eigenvalue weighted by Gasteiger charge is 2.04. The van der Waals surface area contributed by atoms with Gasteiger partial charge in [-0.05, 0) is 18.2 Å². The van der Waals surface area contributed by atoms with Gasteiger partial charge >= 0.3 is 0 Å². The summed E-state index contributed by atoms with van der Waals surface area (Å²) in [6, 6.07) is 5.47. The molecule has 2 heterocycles. The first-order valence-corrected chi connectivity index (χ1v) is 4.10. The molecule has 3 N–H and O–H groups in total. The monoisotopic (exact) mass is 187 g/mol. The van der Waals surface area contributed by atoms with Gasteiger partial charge in [0.2, 0.25) is 0 Å². The van der Waals surface area contributed by atoms with Crippen LogP contribution in [0.2, 0.25) is 0 Å². The lowest BCUT2D eigenvalue weighted by Crippen LogP contribution is -2.09. The number of hydrogen-bond acceptors (Lipinski definition) is 5. The molecular weight excluding hydrogens is 178 g/mol. The van der Waals surface area contributed by atoms with E-state index >= 15 is 0 Å². The lowest BCUT2D eigenvalue weighted by molar-refractivity contribution is 1.03. The molecule has 2 aromatic rings. The summed E-state index contributed by atoms with van der Waals surface area (Å²) in [5.74, 6) is 5.35. The van der Waals surface area contributed by atoms with E-state index < -0.39 is 0 Å². The van der Waals surface area contributed by atoms with Crippen LogP contribution in [0.3, 0.4) is 0 Å². The predicted octanol–water partition coefficient (Wildman–Crippen LogP) is 0.824. The zero-order valence-corrected chi connectivity index (χ0v) is 7.38. The minimum atomic E-state index is 0.720. The highest BCUT2D eigenvalue weighted by atomic mass is 15.2. The van der Waals surface area contributed by atoms with E-state index in [1.165, 1.54) is 0 Å². The molecule has 70 valence electrons. The molecule has 5 nitrogen and oxygen atoms in total. The minimum absolute atomic E-state index is 0.720. The smallest absolute Gasteiger partial charge is 0.117 e. The summed E-state index contributed by atoms with van der Waals surface area (Å²) < 4.78 is 0. The molecule has 0 saturated heterocycles. The van der Waals surface area contributed by atoms with Gasteiger partial charge in [-0.15, -0.1) is 5.10 Å². The molecule has 0 aliphatic carbocycles. The van der Waals surface area contributed by atoms with Crippen LogP contribution in [0.4, 0.5) is 5.69 Å². The molecule has 0 unspecified atom stereocenters. The second-order valence-electron chi connectivity index (χ2n) is 2.67. The molecule has 0 bridgehead atoms. The third kappa shape index (κ3) is 1.53. The van der Waals surface area contributed by atoms with E-state index in [4.69, 9.17) is 5.84 Å². The number of nitrogen functional groups attached to an aromatic ring is 1. The van der Waals surface area contributed by atoms with Crippen molar-refractivity contribution in [1.82, 2.24) is 15.2 Å². The van der Waals surface area contributed by atoms with Crippen LogP contribution in [-0.2, 0) is 0 Å². The lowest BCUT2D eigenvalue weighted by Gasteiger charge is -2.05. The second-order valence-corrected chi connectivity index (χ2v) is 2.67. The van der Waals surface area contributed by atoms with Gasteiger partial charge < -0.3 is 5.43 Å². The summed E-state index contributed by atoms with van der Waals surface area (Å²) in [6.07, 6.45) is 4.98. The van der Waals surface area contributed by atoms with Gasteiger partial charge in [0.25, 0.3) is 0 Å². The third-order valence-electron chi connectivity index (χ3n) is 1.83. The maximum Gasteiger partial charge on any atom is 0.117 e. The Bertz CT molecular complexity index is 415. The maximum absolute atomic E-state index is 5.35. The molecule has 0 spiro atoms. The van der Waals surface area contributed by atoms with Crippen LogP contribution < -0.4 is 11.3 Å². The first-order valence-electron chi connectivity index (χ1n) is 4.10. The van der Waals surface area contributed by atoms with Gasteiger partial charge in [0, 0.05) is 18.0 Å². The Morgan fingerprint density at radius 1 is 1.07 bits per heavy atom. The van der Waals surface area contributed by atoms with Crippen molar-refractivity contribution in [2.24, 2.45) is 5.84 Å². The molecule has 0 amide bonds. The Balaban J connectivity index is 2.51. The summed E-state index contributed by atoms with van der Waals surface area (Å²) in [4.78, 5) is 3.93. The third-order valence-corrected chi connectivity index (χ3v) is 1.83. The number of pyridine rings is 1. The molecule has 0 aliphatic rings. The molecule has 2 aromatic heterocycles. The van der Waals surface area contributed by atoms with Crippen molar-refractivity contribution in [1.29, 1.82) is 0 Å². The van der Waals surface area contributed by atoms with E-state index in [-0.39, 0.29) is 0 Å². The molecule has 0 atom stereocenters. The van der Waals surface area contributed by atoms with Crippen LogP contribution in [-0.4, -0.2) is 15.2 Å². The lowest BCUT2D eigenvalue weighted by atomic mass is 10.1. The summed E-state index contributed by atoms with van der Waals surface area (Å²) >= 11 is 0. The number of anilines is 1. The fourth-order valence-electron chi connectivity index (χ4n) is 1.17. The molecule has 0 aliphatic heterocycles.